The van der Waals surface area contributed by atoms with Gasteiger partial charge in [-0.05, 0) is 18.6 Å². The summed E-state index contributed by atoms with van der Waals surface area (Å²) in [6.45, 7) is 6.83. The van der Waals surface area contributed by atoms with Crippen LogP contribution in [0.4, 0.5) is 5.82 Å². The van der Waals surface area contributed by atoms with E-state index in [2.05, 4.69) is 28.0 Å². The van der Waals surface area contributed by atoms with Crippen LogP contribution >= 0.6 is 0 Å². The first kappa shape index (κ1) is 17.5. The normalized spacial score (nSPS) is 14.7. The van der Waals surface area contributed by atoms with Crippen molar-refractivity contribution >= 4 is 17.4 Å². The average Bonchev–Trinajstić information content (AvgIpc) is 3.12. The van der Waals surface area contributed by atoms with E-state index in [4.69, 9.17) is 4.98 Å². The molecule has 0 aliphatic carbocycles. The average molecular weight is 364 g/mol. The first-order chi connectivity index (χ1) is 13.2. The van der Waals surface area contributed by atoms with Crippen LogP contribution in [0.2, 0.25) is 0 Å². The molecule has 0 aromatic carbocycles. The third-order valence-corrected chi connectivity index (χ3v) is 5.07. The number of rotatable bonds is 4. The minimum Gasteiger partial charge on any atom is -0.353 e. The molecule has 0 radical (unpaired) electrons. The molecule has 4 heterocycles. The summed E-state index contributed by atoms with van der Waals surface area (Å²) in [5.41, 5.74) is 4.03. The predicted molar refractivity (Wildman–Crippen MR) is 105 cm³/mol. The van der Waals surface area contributed by atoms with Gasteiger partial charge in [0, 0.05) is 62.3 Å². The lowest BCUT2D eigenvalue weighted by atomic mass is 10.0. The number of nitrogens with zero attached hydrogens (tertiary/aromatic N) is 6. The second-order valence-electron chi connectivity index (χ2n) is 6.85. The van der Waals surface area contributed by atoms with Gasteiger partial charge in [-0.25, -0.2) is 9.50 Å². The molecule has 4 rings (SSSR count). The number of carbonyl (C=O) groups is 1. The van der Waals surface area contributed by atoms with Gasteiger partial charge in [0.1, 0.15) is 5.82 Å². The number of aromatic nitrogens is 4. The van der Waals surface area contributed by atoms with Gasteiger partial charge in [-0.2, -0.15) is 5.10 Å². The molecule has 1 fully saturated rings. The number of hydrogen-bond donors (Lipinski definition) is 0. The van der Waals surface area contributed by atoms with Gasteiger partial charge in [-0.15, -0.1) is 0 Å². The van der Waals surface area contributed by atoms with Crippen LogP contribution in [-0.2, 0) is 11.2 Å². The summed E-state index contributed by atoms with van der Waals surface area (Å²) >= 11 is 0. The van der Waals surface area contributed by atoms with Crippen molar-refractivity contribution in [3.63, 3.8) is 0 Å². The minimum absolute atomic E-state index is 0.135. The Hall–Kier alpha value is -2.96. The van der Waals surface area contributed by atoms with Crippen LogP contribution in [0.5, 0.6) is 0 Å². The van der Waals surface area contributed by atoms with Crippen molar-refractivity contribution in [2.45, 2.75) is 26.7 Å². The largest absolute Gasteiger partial charge is 0.353 e. The first-order valence-electron chi connectivity index (χ1n) is 9.46. The third-order valence-electron chi connectivity index (χ3n) is 5.07. The standard InChI is InChI=1S/C20H24N6O/c1-3-5-18-16(6-4-8-21-18)17-14-22-26-9-7-19(23-20(17)26)25-12-10-24(11-13-25)15(2)27/h4,6-9,14H,3,5,10-13H2,1-2H3. The molecule has 0 spiro atoms. The molecule has 7 heteroatoms. The van der Waals surface area contributed by atoms with Crippen LogP contribution in [0.15, 0.2) is 36.8 Å². The van der Waals surface area contributed by atoms with Gasteiger partial charge >= 0.3 is 0 Å². The van der Waals surface area contributed by atoms with Crippen molar-refractivity contribution in [3.8, 4) is 11.1 Å². The fourth-order valence-corrected chi connectivity index (χ4v) is 3.60. The lowest BCUT2D eigenvalue weighted by Crippen LogP contribution is -2.48. The molecule has 27 heavy (non-hydrogen) atoms. The van der Waals surface area contributed by atoms with E-state index in [9.17, 15) is 4.79 Å². The van der Waals surface area contributed by atoms with Gasteiger partial charge in [0.2, 0.25) is 5.91 Å². The molecule has 0 saturated carbocycles. The fourth-order valence-electron chi connectivity index (χ4n) is 3.60. The molecule has 1 amide bonds. The maximum atomic E-state index is 11.5. The van der Waals surface area contributed by atoms with Crippen LogP contribution in [0.1, 0.15) is 26.0 Å². The molecular formula is C20H24N6O. The monoisotopic (exact) mass is 364 g/mol. The smallest absolute Gasteiger partial charge is 0.219 e. The number of pyridine rings is 1. The van der Waals surface area contributed by atoms with E-state index in [-0.39, 0.29) is 5.91 Å². The second kappa shape index (κ2) is 7.34. The maximum Gasteiger partial charge on any atom is 0.219 e. The number of aryl methyl sites for hydroxylation is 1. The maximum absolute atomic E-state index is 11.5. The molecule has 140 valence electrons. The van der Waals surface area contributed by atoms with Gasteiger partial charge in [0.15, 0.2) is 5.65 Å². The lowest BCUT2D eigenvalue weighted by molar-refractivity contribution is -0.129. The topological polar surface area (TPSA) is 66.6 Å². The van der Waals surface area contributed by atoms with Crippen molar-refractivity contribution in [3.05, 3.63) is 42.5 Å². The molecule has 1 aliphatic rings. The number of anilines is 1. The highest BCUT2D eigenvalue weighted by Crippen LogP contribution is 2.28. The number of hydrogen-bond acceptors (Lipinski definition) is 5. The Kier molecular flexibility index (Phi) is 4.75. The van der Waals surface area contributed by atoms with Crippen molar-refractivity contribution in [2.75, 3.05) is 31.1 Å². The molecular weight excluding hydrogens is 340 g/mol. The van der Waals surface area contributed by atoms with Gasteiger partial charge in [-0.1, -0.05) is 19.4 Å². The number of piperazine rings is 1. The molecule has 0 unspecified atom stereocenters. The van der Waals surface area contributed by atoms with E-state index in [1.165, 1.54) is 0 Å². The highest BCUT2D eigenvalue weighted by atomic mass is 16.2. The Labute approximate surface area is 158 Å². The van der Waals surface area contributed by atoms with Crippen molar-refractivity contribution in [1.29, 1.82) is 0 Å². The Morgan fingerprint density at radius 1 is 1.15 bits per heavy atom. The molecule has 0 atom stereocenters. The first-order valence-corrected chi connectivity index (χ1v) is 9.46. The highest BCUT2D eigenvalue weighted by molar-refractivity contribution is 5.79. The Balaban J connectivity index is 1.68. The lowest BCUT2D eigenvalue weighted by Gasteiger charge is -2.34. The molecule has 0 bridgehead atoms. The van der Waals surface area contributed by atoms with E-state index >= 15 is 0 Å². The quantitative estimate of drug-likeness (QED) is 0.711. The number of amides is 1. The van der Waals surface area contributed by atoms with Crippen molar-refractivity contribution < 1.29 is 4.79 Å². The minimum atomic E-state index is 0.135. The molecule has 1 aliphatic heterocycles. The Morgan fingerprint density at radius 2 is 1.96 bits per heavy atom. The summed E-state index contributed by atoms with van der Waals surface area (Å²) in [5.74, 6) is 1.06. The second-order valence-corrected chi connectivity index (χ2v) is 6.85. The Bertz CT molecular complexity index is 958. The molecule has 7 nitrogen and oxygen atoms in total. The Morgan fingerprint density at radius 3 is 2.70 bits per heavy atom. The fraction of sp³-hybridized carbons (Fsp3) is 0.400. The van der Waals surface area contributed by atoms with E-state index in [0.29, 0.717) is 0 Å². The predicted octanol–water partition coefficient (Wildman–Crippen LogP) is 2.41. The zero-order valence-electron chi connectivity index (χ0n) is 15.8. The van der Waals surface area contributed by atoms with Crippen molar-refractivity contribution in [1.82, 2.24) is 24.5 Å². The summed E-state index contributed by atoms with van der Waals surface area (Å²) in [6.07, 6.45) is 7.64. The molecule has 1 saturated heterocycles. The van der Waals surface area contributed by atoms with Gasteiger partial charge in [0.25, 0.3) is 0 Å². The van der Waals surface area contributed by atoms with Crippen LogP contribution in [0.3, 0.4) is 0 Å². The summed E-state index contributed by atoms with van der Waals surface area (Å²) < 4.78 is 1.81. The van der Waals surface area contributed by atoms with E-state index in [1.807, 2.05) is 40.1 Å². The summed E-state index contributed by atoms with van der Waals surface area (Å²) in [6, 6.07) is 6.04. The molecule has 3 aromatic rings. The van der Waals surface area contributed by atoms with E-state index in [0.717, 1.165) is 67.3 Å². The van der Waals surface area contributed by atoms with Gasteiger partial charge < -0.3 is 9.80 Å². The van der Waals surface area contributed by atoms with E-state index in [1.54, 1.807) is 6.92 Å². The zero-order valence-corrected chi connectivity index (χ0v) is 15.8. The number of fused-ring (bicyclic) bond motifs is 1. The van der Waals surface area contributed by atoms with Gasteiger partial charge in [-0.3, -0.25) is 9.78 Å². The summed E-state index contributed by atoms with van der Waals surface area (Å²) in [5, 5.41) is 4.47. The molecule has 0 N–H and O–H groups in total. The van der Waals surface area contributed by atoms with Crippen molar-refractivity contribution in [2.24, 2.45) is 0 Å². The zero-order chi connectivity index (χ0) is 18.8. The SMILES string of the molecule is CCCc1ncccc1-c1cnn2ccc(N3CCN(C(C)=O)CC3)nc12. The van der Waals surface area contributed by atoms with Crippen LogP contribution in [0.25, 0.3) is 16.8 Å². The van der Waals surface area contributed by atoms with Gasteiger partial charge in [0.05, 0.1) is 6.20 Å². The summed E-state index contributed by atoms with van der Waals surface area (Å²) in [7, 11) is 0. The van der Waals surface area contributed by atoms with Crippen LogP contribution in [0, 0.1) is 0 Å². The van der Waals surface area contributed by atoms with Crippen LogP contribution < -0.4 is 4.90 Å². The van der Waals surface area contributed by atoms with Crippen LogP contribution in [-0.4, -0.2) is 56.6 Å². The number of carbonyl (C=O) groups excluding carboxylic acids is 1. The highest BCUT2D eigenvalue weighted by Gasteiger charge is 2.21. The summed E-state index contributed by atoms with van der Waals surface area (Å²) in [4.78, 5) is 25.1. The van der Waals surface area contributed by atoms with E-state index < -0.39 is 0 Å². The third kappa shape index (κ3) is 3.37. The molecule has 3 aromatic heterocycles.